The van der Waals surface area contributed by atoms with Gasteiger partial charge in [-0.05, 0) is 22.3 Å². The van der Waals surface area contributed by atoms with Crippen molar-refractivity contribution >= 4 is 16.7 Å². The van der Waals surface area contributed by atoms with E-state index in [1.54, 1.807) is 0 Å². The maximum Gasteiger partial charge on any atom is 0.526 e. The second kappa shape index (κ2) is 5.42. The molecule has 0 saturated carbocycles. The van der Waals surface area contributed by atoms with Crippen molar-refractivity contribution < 1.29 is 26.0 Å². The maximum absolute atomic E-state index is 12.3. The van der Waals surface area contributed by atoms with Gasteiger partial charge >= 0.3 is 16.7 Å². The molecule has 2 aromatic rings. The Morgan fingerprint density at radius 3 is 2.00 bits per heavy atom. The summed E-state index contributed by atoms with van der Waals surface area (Å²) in [6.45, 7) is -0.137. The molecule has 1 aliphatic rings. The highest BCUT2D eigenvalue weighted by molar-refractivity contribution is 7.81. The zero-order chi connectivity index (χ0) is 15.7. The van der Waals surface area contributed by atoms with Crippen molar-refractivity contribution in [3.63, 3.8) is 0 Å². The summed E-state index contributed by atoms with van der Waals surface area (Å²) in [4.78, 5) is 11.2. The van der Waals surface area contributed by atoms with Crippen LogP contribution in [-0.4, -0.2) is 21.2 Å². The van der Waals surface area contributed by atoms with Crippen LogP contribution in [0.5, 0.6) is 0 Å². The Labute approximate surface area is 126 Å². The minimum Gasteiger partial charge on any atom is -0.432 e. The molecule has 1 aliphatic carbocycles. The molecule has 2 aromatic carbocycles. The molecule has 0 aliphatic heterocycles. The second-order valence-electron chi connectivity index (χ2n) is 4.76. The summed E-state index contributed by atoms with van der Waals surface area (Å²) >= 11 is 0. The molecule has 0 N–H and O–H groups in total. The third kappa shape index (κ3) is 2.80. The molecule has 0 bridgehead atoms. The first-order valence-corrected chi connectivity index (χ1v) is 7.75. The van der Waals surface area contributed by atoms with E-state index in [1.807, 2.05) is 48.5 Å². The average molecular weight is 322 g/mol. The number of rotatable bonds is 3. The van der Waals surface area contributed by atoms with Crippen LogP contribution in [0.3, 0.4) is 0 Å². The van der Waals surface area contributed by atoms with E-state index in [0.29, 0.717) is 0 Å². The summed E-state index contributed by atoms with van der Waals surface area (Å²) in [5, 5.41) is 0. The minimum absolute atomic E-state index is 0.137. The summed E-state index contributed by atoms with van der Waals surface area (Å²) in [6.07, 6.45) is -1.58. The lowest BCUT2D eigenvalue weighted by atomic mass is 9.98. The smallest absolute Gasteiger partial charge is 0.432 e. The van der Waals surface area contributed by atoms with Crippen LogP contribution < -0.4 is 0 Å². The van der Waals surface area contributed by atoms with Gasteiger partial charge in [0.25, 0.3) is 0 Å². The molecule has 22 heavy (non-hydrogen) atoms. The van der Waals surface area contributed by atoms with Crippen molar-refractivity contribution in [2.45, 2.75) is 5.92 Å². The summed E-state index contributed by atoms with van der Waals surface area (Å²) < 4.78 is 41.0. The van der Waals surface area contributed by atoms with Crippen LogP contribution in [0.2, 0.25) is 0 Å². The number of carbonyl (C=O) groups excluding carboxylic acids is 1. The van der Waals surface area contributed by atoms with Crippen LogP contribution in [-0.2, 0) is 19.4 Å². The fourth-order valence-corrected chi connectivity index (χ4v) is 2.91. The molecule has 5 nitrogen and oxygen atoms in total. The molecule has 0 unspecified atom stereocenters. The highest BCUT2D eigenvalue weighted by Crippen LogP contribution is 2.44. The van der Waals surface area contributed by atoms with Gasteiger partial charge in [-0.2, -0.15) is 8.42 Å². The van der Waals surface area contributed by atoms with Crippen molar-refractivity contribution in [2.75, 3.05) is 6.61 Å². The van der Waals surface area contributed by atoms with Crippen LogP contribution in [0.1, 0.15) is 17.0 Å². The first-order valence-electron chi connectivity index (χ1n) is 6.45. The molecule has 0 fully saturated rings. The van der Waals surface area contributed by atoms with Crippen LogP contribution in [0.4, 0.5) is 8.68 Å². The fraction of sp³-hybridized carbons (Fsp3) is 0.133. The SMILES string of the molecule is O=C(OCC1c2ccccc2-c2ccccc21)OS(=O)(=O)F. The van der Waals surface area contributed by atoms with Gasteiger partial charge in [0.15, 0.2) is 0 Å². The third-order valence-corrected chi connectivity index (χ3v) is 3.83. The lowest BCUT2D eigenvalue weighted by Crippen LogP contribution is -2.15. The van der Waals surface area contributed by atoms with Gasteiger partial charge in [0.2, 0.25) is 0 Å². The Kier molecular flexibility index (Phi) is 3.58. The zero-order valence-electron chi connectivity index (χ0n) is 11.2. The van der Waals surface area contributed by atoms with E-state index in [2.05, 4.69) is 4.18 Å². The number of benzene rings is 2. The van der Waals surface area contributed by atoms with Crippen molar-refractivity contribution in [3.8, 4) is 11.1 Å². The predicted octanol–water partition coefficient (Wildman–Crippen LogP) is 3.17. The van der Waals surface area contributed by atoms with Gasteiger partial charge in [-0.15, -0.1) is 0 Å². The van der Waals surface area contributed by atoms with Gasteiger partial charge < -0.3 is 4.74 Å². The minimum atomic E-state index is -5.36. The van der Waals surface area contributed by atoms with E-state index < -0.39 is 16.7 Å². The molecule has 0 saturated heterocycles. The molecule has 114 valence electrons. The van der Waals surface area contributed by atoms with Crippen molar-refractivity contribution in [1.82, 2.24) is 0 Å². The van der Waals surface area contributed by atoms with Gasteiger partial charge in [-0.25, -0.2) is 4.79 Å². The number of ether oxygens (including phenoxy) is 1. The molecular weight excluding hydrogens is 311 g/mol. The van der Waals surface area contributed by atoms with E-state index in [0.717, 1.165) is 22.3 Å². The second-order valence-corrected chi connectivity index (χ2v) is 5.72. The number of halogens is 1. The molecular formula is C15H11FO5S. The number of hydrogen-bond acceptors (Lipinski definition) is 5. The maximum atomic E-state index is 12.3. The Hall–Kier alpha value is -2.41. The van der Waals surface area contributed by atoms with Crippen LogP contribution in [0.15, 0.2) is 48.5 Å². The standard InChI is InChI=1S/C15H11FO5S/c16-22(18,19)21-15(17)20-9-14-12-7-3-1-5-10(12)11-6-2-4-8-13(11)14/h1-8,14H,9H2. The Bertz CT molecular complexity index is 786. The highest BCUT2D eigenvalue weighted by Gasteiger charge is 2.29. The van der Waals surface area contributed by atoms with Gasteiger partial charge in [-0.3, -0.25) is 4.18 Å². The average Bonchev–Trinajstić information content (AvgIpc) is 2.78. The van der Waals surface area contributed by atoms with Crippen LogP contribution >= 0.6 is 0 Å². The Morgan fingerprint density at radius 1 is 1.00 bits per heavy atom. The van der Waals surface area contributed by atoms with Crippen molar-refractivity contribution in [1.29, 1.82) is 0 Å². The van der Waals surface area contributed by atoms with Crippen LogP contribution in [0.25, 0.3) is 11.1 Å². The summed E-state index contributed by atoms with van der Waals surface area (Å²) in [7, 11) is -5.36. The van der Waals surface area contributed by atoms with E-state index in [-0.39, 0.29) is 12.5 Å². The highest BCUT2D eigenvalue weighted by atomic mass is 32.3. The number of hydrogen-bond donors (Lipinski definition) is 0. The number of carbonyl (C=O) groups is 1. The molecule has 0 heterocycles. The largest absolute Gasteiger partial charge is 0.526 e. The van der Waals surface area contributed by atoms with Crippen molar-refractivity contribution in [2.24, 2.45) is 0 Å². The quantitative estimate of drug-likeness (QED) is 0.641. The van der Waals surface area contributed by atoms with Crippen molar-refractivity contribution in [3.05, 3.63) is 59.7 Å². The topological polar surface area (TPSA) is 69.7 Å². The van der Waals surface area contributed by atoms with E-state index in [4.69, 9.17) is 4.74 Å². The monoisotopic (exact) mass is 322 g/mol. The van der Waals surface area contributed by atoms with E-state index >= 15 is 0 Å². The summed E-state index contributed by atoms with van der Waals surface area (Å²) in [5.41, 5.74) is 3.97. The van der Waals surface area contributed by atoms with Gasteiger partial charge in [0.05, 0.1) is 0 Å². The van der Waals surface area contributed by atoms with Gasteiger partial charge in [-0.1, -0.05) is 52.4 Å². The third-order valence-electron chi connectivity index (χ3n) is 3.50. The van der Waals surface area contributed by atoms with Gasteiger partial charge in [0, 0.05) is 5.92 Å². The first kappa shape index (κ1) is 14.5. The molecule has 7 heteroatoms. The fourth-order valence-electron chi connectivity index (χ4n) is 2.70. The van der Waals surface area contributed by atoms with Crippen LogP contribution in [0, 0.1) is 0 Å². The van der Waals surface area contributed by atoms with E-state index in [9.17, 15) is 17.1 Å². The lowest BCUT2D eigenvalue weighted by molar-refractivity contribution is 0.0965. The molecule has 3 rings (SSSR count). The molecule has 0 amide bonds. The molecule has 0 radical (unpaired) electrons. The summed E-state index contributed by atoms with van der Waals surface area (Å²) in [6, 6.07) is 15.3. The Morgan fingerprint density at radius 2 is 1.50 bits per heavy atom. The predicted molar refractivity (Wildman–Crippen MR) is 76.2 cm³/mol. The zero-order valence-corrected chi connectivity index (χ0v) is 12.0. The summed E-state index contributed by atoms with van der Waals surface area (Å²) in [5.74, 6) is -0.248. The lowest BCUT2D eigenvalue weighted by Gasteiger charge is -2.13. The Balaban J connectivity index is 1.84. The van der Waals surface area contributed by atoms with E-state index in [1.165, 1.54) is 0 Å². The number of fused-ring (bicyclic) bond motifs is 3. The normalized spacial score (nSPS) is 13.3. The molecule has 0 aromatic heterocycles. The first-order chi connectivity index (χ1) is 10.5. The van der Waals surface area contributed by atoms with Gasteiger partial charge in [0.1, 0.15) is 6.61 Å². The molecule has 0 atom stereocenters. The molecule has 0 spiro atoms.